The summed E-state index contributed by atoms with van der Waals surface area (Å²) < 4.78 is 0. The van der Waals surface area contributed by atoms with Crippen LogP contribution in [-0.2, 0) is 16.0 Å². The number of carbonyl (C=O) groups excluding carboxylic acids is 1. The largest absolute Gasteiger partial charge is 0.478 e. The molecule has 1 amide bonds. The standard InChI is InChI=1S/C15H14N2O5/c18-13(9-11-5-2-1-3-6-11)16-15(17(21)22)8-4-7-12(10-15)14(19)20/h1-7,10H,8-9H2,(H,16,18)(H,19,20). The molecule has 2 rings (SSSR count). The molecule has 7 heteroatoms. The van der Waals surface area contributed by atoms with Gasteiger partial charge in [0.25, 0.3) is 0 Å². The zero-order chi connectivity index (χ0) is 16.2. The van der Waals surface area contributed by atoms with Gasteiger partial charge in [-0.1, -0.05) is 42.5 Å². The molecule has 1 aromatic carbocycles. The molecule has 1 aliphatic carbocycles. The van der Waals surface area contributed by atoms with Crippen LogP contribution >= 0.6 is 0 Å². The Morgan fingerprint density at radius 1 is 1.32 bits per heavy atom. The third-order valence-corrected chi connectivity index (χ3v) is 3.26. The van der Waals surface area contributed by atoms with Crippen LogP contribution in [0.25, 0.3) is 0 Å². The fourth-order valence-electron chi connectivity index (χ4n) is 2.19. The molecule has 0 spiro atoms. The van der Waals surface area contributed by atoms with Crippen LogP contribution in [0.5, 0.6) is 0 Å². The van der Waals surface area contributed by atoms with Gasteiger partial charge >= 0.3 is 11.6 Å². The molecule has 0 saturated heterocycles. The number of aliphatic carboxylic acids is 1. The number of carbonyl (C=O) groups is 2. The summed E-state index contributed by atoms with van der Waals surface area (Å²) in [5.74, 6) is -1.82. The molecule has 0 heterocycles. The van der Waals surface area contributed by atoms with Crippen molar-refractivity contribution < 1.29 is 19.6 Å². The maximum atomic E-state index is 12.1. The second-order valence-electron chi connectivity index (χ2n) is 4.90. The van der Waals surface area contributed by atoms with Gasteiger partial charge in [0, 0.05) is 6.08 Å². The minimum atomic E-state index is -1.92. The van der Waals surface area contributed by atoms with Gasteiger partial charge in [-0.15, -0.1) is 0 Å². The molecule has 0 aromatic heterocycles. The molecule has 114 valence electrons. The number of carboxylic acids is 1. The molecule has 0 fully saturated rings. The molecule has 1 aromatic rings. The maximum absolute atomic E-state index is 12.1. The average Bonchev–Trinajstić information content (AvgIpc) is 2.48. The van der Waals surface area contributed by atoms with Gasteiger partial charge in [0.05, 0.1) is 23.3 Å². The van der Waals surface area contributed by atoms with Gasteiger partial charge in [0.2, 0.25) is 5.91 Å². The van der Waals surface area contributed by atoms with Crippen LogP contribution in [0.3, 0.4) is 0 Å². The third-order valence-electron chi connectivity index (χ3n) is 3.26. The highest BCUT2D eigenvalue weighted by atomic mass is 16.6. The predicted octanol–water partition coefficient (Wildman–Crippen LogP) is 1.29. The van der Waals surface area contributed by atoms with E-state index in [1.165, 1.54) is 12.2 Å². The minimum absolute atomic E-state index is 0.0175. The quantitative estimate of drug-likeness (QED) is 0.484. The van der Waals surface area contributed by atoms with Crippen molar-refractivity contribution in [2.45, 2.75) is 18.5 Å². The van der Waals surface area contributed by atoms with Crippen LogP contribution in [0.15, 0.2) is 54.1 Å². The van der Waals surface area contributed by atoms with Crippen LogP contribution in [0.2, 0.25) is 0 Å². The highest BCUT2D eigenvalue weighted by molar-refractivity contribution is 5.90. The Hall–Kier alpha value is -2.96. The van der Waals surface area contributed by atoms with E-state index in [2.05, 4.69) is 5.32 Å². The fourth-order valence-corrected chi connectivity index (χ4v) is 2.19. The summed E-state index contributed by atoms with van der Waals surface area (Å²) in [5.41, 5.74) is -1.43. The predicted molar refractivity (Wildman–Crippen MR) is 77.5 cm³/mol. The van der Waals surface area contributed by atoms with Gasteiger partial charge in [0.15, 0.2) is 0 Å². The van der Waals surface area contributed by atoms with E-state index in [-0.39, 0.29) is 18.4 Å². The van der Waals surface area contributed by atoms with Crippen molar-refractivity contribution >= 4 is 11.9 Å². The van der Waals surface area contributed by atoms with Gasteiger partial charge in [-0.2, -0.15) is 0 Å². The van der Waals surface area contributed by atoms with E-state index in [9.17, 15) is 19.7 Å². The zero-order valence-corrected chi connectivity index (χ0v) is 11.6. The molecule has 22 heavy (non-hydrogen) atoms. The van der Waals surface area contributed by atoms with Gasteiger partial charge in [-0.05, 0) is 5.56 Å². The average molecular weight is 302 g/mol. The molecule has 2 N–H and O–H groups in total. The van der Waals surface area contributed by atoms with E-state index < -0.39 is 22.5 Å². The van der Waals surface area contributed by atoms with Gasteiger partial charge in [-0.25, -0.2) is 4.79 Å². The molecule has 1 aliphatic rings. The summed E-state index contributed by atoms with van der Waals surface area (Å²) in [4.78, 5) is 33.7. The lowest BCUT2D eigenvalue weighted by molar-refractivity contribution is -0.559. The number of rotatable bonds is 5. The van der Waals surface area contributed by atoms with Gasteiger partial charge in [0.1, 0.15) is 0 Å². The van der Waals surface area contributed by atoms with E-state index in [1.807, 2.05) is 0 Å². The lowest BCUT2D eigenvalue weighted by atomic mass is 9.96. The van der Waals surface area contributed by atoms with Crippen molar-refractivity contribution in [1.29, 1.82) is 0 Å². The van der Waals surface area contributed by atoms with Crippen molar-refractivity contribution in [2.75, 3.05) is 0 Å². The molecule has 1 atom stereocenters. The van der Waals surface area contributed by atoms with Crippen molar-refractivity contribution in [3.05, 3.63) is 69.8 Å². The summed E-state index contributed by atoms with van der Waals surface area (Å²) in [6, 6.07) is 8.79. The molecule has 0 aliphatic heterocycles. The Morgan fingerprint density at radius 2 is 2.00 bits per heavy atom. The van der Waals surface area contributed by atoms with Gasteiger partial charge in [-0.3, -0.25) is 20.2 Å². The lowest BCUT2D eigenvalue weighted by Gasteiger charge is -2.24. The number of hydrogen-bond acceptors (Lipinski definition) is 4. The van der Waals surface area contributed by atoms with E-state index >= 15 is 0 Å². The maximum Gasteiger partial charge on any atom is 0.335 e. The topological polar surface area (TPSA) is 110 Å². The first-order valence-corrected chi connectivity index (χ1v) is 6.55. The van der Waals surface area contributed by atoms with E-state index in [0.717, 1.165) is 6.08 Å². The van der Waals surface area contributed by atoms with Crippen LogP contribution in [0.4, 0.5) is 0 Å². The monoisotopic (exact) mass is 302 g/mol. The summed E-state index contributed by atoms with van der Waals surface area (Å²) in [6.45, 7) is 0. The molecule has 0 saturated carbocycles. The Morgan fingerprint density at radius 3 is 2.59 bits per heavy atom. The summed E-state index contributed by atoms with van der Waals surface area (Å²) in [7, 11) is 0. The summed E-state index contributed by atoms with van der Waals surface area (Å²) >= 11 is 0. The van der Waals surface area contributed by atoms with Crippen LogP contribution < -0.4 is 5.32 Å². The van der Waals surface area contributed by atoms with Crippen molar-refractivity contribution in [3.8, 4) is 0 Å². The normalized spacial score (nSPS) is 20.1. The molecule has 0 radical (unpaired) electrons. The van der Waals surface area contributed by atoms with Crippen molar-refractivity contribution in [2.24, 2.45) is 0 Å². The number of nitro groups is 1. The number of hydrogen-bond donors (Lipinski definition) is 2. The number of amides is 1. The van der Waals surface area contributed by atoms with Gasteiger partial charge < -0.3 is 5.11 Å². The van der Waals surface area contributed by atoms with Crippen molar-refractivity contribution in [1.82, 2.24) is 5.32 Å². The molecule has 0 bridgehead atoms. The second kappa shape index (κ2) is 6.21. The summed E-state index contributed by atoms with van der Waals surface area (Å²) in [5, 5.41) is 22.7. The Kier molecular flexibility index (Phi) is 4.36. The Bertz CT molecular complexity index is 666. The Labute approximate surface area is 126 Å². The number of carboxylic acid groups (broad SMARTS) is 1. The highest BCUT2D eigenvalue weighted by Crippen LogP contribution is 2.22. The summed E-state index contributed by atoms with van der Waals surface area (Å²) in [6.07, 6.45) is 3.51. The van der Waals surface area contributed by atoms with Crippen LogP contribution in [-0.4, -0.2) is 27.6 Å². The first-order chi connectivity index (χ1) is 10.4. The van der Waals surface area contributed by atoms with Crippen LogP contribution in [0, 0.1) is 10.1 Å². The number of nitrogens with one attached hydrogen (secondary N) is 1. The molecule has 7 nitrogen and oxygen atoms in total. The van der Waals surface area contributed by atoms with Crippen molar-refractivity contribution in [3.63, 3.8) is 0 Å². The smallest absolute Gasteiger partial charge is 0.335 e. The molecular formula is C15H14N2O5. The van der Waals surface area contributed by atoms with Crippen LogP contribution in [0.1, 0.15) is 12.0 Å². The zero-order valence-electron chi connectivity index (χ0n) is 11.6. The first kappa shape index (κ1) is 15.4. The van der Waals surface area contributed by atoms with E-state index in [4.69, 9.17) is 5.11 Å². The first-order valence-electron chi connectivity index (χ1n) is 6.55. The molecule has 1 unspecified atom stereocenters. The molecular weight excluding hydrogens is 288 g/mol. The van der Waals surface area contributed by atoms with E-state index in [1.54, 1.807) is 30.3 Å². The SMILES string of the molecule is O=C(Cc1ccccc1)NC1([N+](=O)[O-])C=C(C(=O)O)C=CC1. The minimum Gasteiger partial charge on any atom is -0.478 e. The highest BCUT2D eigenvalue weighted by Gasteiger charge is 2.43. The third kappa shape index (κ3) is 3.38. The number of benzene rings is 1. The number of nitrogens with zero attached hydrogens (tertiary/aromatic N) is 1. The Balaban J connectivity index is 2.19. The fraction of sp³-hybridized carbons (Fsp3) is 0.200. The lowest BCUT2D eigenvalue weighted by Crippen LogP contribution is -2.54. The van der Waals surface area contributed by atoms with E-state index in [0.29, 0.717) is 5.56 Å². The second-order valence-corrected chi connectivity index (χ2v) is 4.90.